The lowest BCUT2D eigenvalue weighted by molar-refractivity contribution is 0.144. The van der Waals surface area contributed by atoms with E-state index < -0.39 is 0 Å². The van der Waals surface area contributed by atoms with Crippen molar-refractivity contribution < 1.29 is 9.52 Å². The SMILES string of the molecule is CCc1nnc(CN2CCC[C@@H]2CO)o1. The molecule has 5 nitrogen and oxygen atoms in total. The molecule has 0 aromatic carbocycles. The molecule has 1 atom stereocenters. The lowest BCUT2D eigenvalue weighted by Crippen LogP contribution is -2.31. The first-order valence-electron chi connectivity index (χ1n) is 5.49. The minimum atomic E-state index is 0.217. The van der Waals surface area contributed by atoms with Crippen LogP contribution in [-0.2, 0) is 13.0 Å². The maximum atomic E-state index is 9.16. The van der Waals surface area contributed by atoms with Gasteiger partial charge in [-0.3, -0.25) is 4.90 Å². The molecule has 0 radical (unpaired) electrons. The van der Waals surface area contributed by atoms with Crippen molar-refractivity contribution in [1.82, 2.24) is 15.1 Å². The van der Waals surface area contributed by atoms with Crippen molar-refractivity contribution >= 4 is 0 Å². The zero-order valence-corrected chi connectivity index (χ0v) is 9.02. The van der Waals surface area contributed by atoms with E-state index in [2.05, 4.69) is 15.1 Å². The van der Waals surface area contributed by atoms with Crippen LogP contribution in [0.3, 0.4) is 0 Å². The second-order valence-corrected chi connectivity index (χ2v) is 3.89. The van der Waals surface area contributed by atoms with E-state index in [1.54, 1.807) is 0 Å². The van der Waals surface area contributed by atoms with Gasteiger partial charge in [-0.05, 0) is 19.4 Å². The molecule has 0 spiro atoms. The van der Waals surface area contributed by atoms with Crippen molar-refractivity contribution in [2.24, 2.45) is 0 Å². The maximum Gasteiger partial charge on any atom is 0.230 e. The number of aliphatic hydroxyl groups excluding tert-OH is 1. The van der Waals surface area contributed by atoms with Crippen LogP contribution in [0.25, 0.3) is 0 Å². The summed E-state index contributed by atoms with van der Waals surface area (Å²) in [6, 6.07) is 0.266. The van der Waals surface area contributed by atoms with Crippen molar-refractivity contribution in [2.75, 3.05) is 13.2 Å². The Morgan fingerprint density at radius 2 is 2.27 bits per heavy atom. The molecule has 0 unspecified atom stereocenters. The van der Waals surface area contributed by atoms with Gasteiger partial charge in [-0.2, -0.15) is 0 Å². The van der Waals surface area contributed by atoms with Gasteiger partial charge in [0.2, 0.25) is 11.8 Å². The van der Waals surface area contributed by atoms with Gasteiger partial charge in [0, 0.05) is 12.5 Å². The number of hydrogen-bond acceptors (Lipinski definition) is 5. The van der Waals surface area contributed by atoms with E-state index in [-0.39, 0.29) is 12.6 Å². The molecule has 2 rings (SSSR count). The van der Waals surface area contributed by atoms with Crippen LogP contribution in [0.1, 0.15) is 31.5 Å². The monoisotopic (exact) mass is 211 g/mol. The highest BCUT2D eigenvalue weighted by molar-refractivity contribution is 4.86. The summed E-state index contributed by atoms with van der Waals surface area (Å²) in [5.74, 6) is 1.34. The second-order valence-electron chi connectivity index (χ2n) is 3.89. The molecule has 2 heterocycles. The highest BCUT2D eigenvalue weighted by Gasteiger charge is 2.25. The molecule has 0 aliphatic carbocycles. The number of nitrogens with zero attached hydrogens (tertiary/aromatic N) is 3. The molecule has 0 saturated carbocycles. The highest BCUT2D eigenvalue weighted by atomic mass is 16.4. The molecule has 1 N–H and O–H groups in total. The molecule has 5 heteroatoms. The normalized spacial score (nSPS) is 22.4. The fourth-order valence-corrected chi connectivity index (χ4v) is 1.98. The Labute approximate surface area is 89.1 Å². The van der Waals surface area contributed by atoms with E-state index in [1.165, 1.54) is 0 Å². The zero-order valence-electron chi connectivity index (χ0n) is 9.02. The smallest absolute Gasteiger partial charge is 0.230 e. The second kappa shape index (κ2) is 4.72. The maximum absolute atomic E-state index is 9.16. The largest absolute Gasteiger partial charge is 0.424 e. The lowest BCUT2D eigenvalue weighted by Gasteiger charge is -2.20. The summed E-state index contributed by atoms with van der Waals surface area (Å²) in [6.07, 6.45) is 2.97. The number of likely N-dealkylation sites (tertiary alicyclic amines) is 1. The van der Waals surface area contributed by atoms with Crippen LogP contribution < -0.4 is 0 Å². The third-order valence-corrected chi connectivity index (χ3v) is 2.86. The van der Waals surface area contributed by atoms with Crippen LogP contribution in [0.15, 0.2) is 4.42 Å². The molecule has 1 fully saturated rings. The van der Waals surface area contributed by atoms with Crippen LogP contribution in [0.4, 0.5) is 0 Å². The fourth-order valence-electron chi connectivity index (χ4n) is 1.98. The van der Waals surface area contributed by atoms with Gasteiger partial charge in [0.25, 0.3) is 0 Å². The zero-order chi connectivity index (χ0) is 10.7. The Morgan fingerprint density at radius 3 is 2.93 bits per heavy atom. The van der Waals surface area contributed by atoms with Gasteiger partial charge in [-0.15, -0.1) is 10.2 Å². The summed E-state index contributed by atoms with van der Waals surface area (Å²) in [7, 11) is 0. The minimum Gasteiger partial charge on any atom is -0.424 e. The van der Waals surface area contributed by atoms with E-state index in [0.29, 0.717) is 18.3 Å². The molecule has 15 heavy (non-hydrogen) atoms. The minimum absolute atomic E-state index is 0.217. The molecule has 1 aliphatic heterocycles. The summed E-state index contributed by atoms with van der Waals surface area (Å²) in [5.41, 5.74) is 0. The topological polar surface area (TPSA) is 62.4 Å². The van der Waals surface area contributed by atoms with Gasteiger partial charge in [0.15, 0.2) is 0 Å². The molecule has 1 aromatic heterocycles. The van der Waals surface area contributed by atoms with Crippen LogP contribution in [0, 0.1) is 0 Å². The van der Waals surface area contributed by atoms with Crippen molar-refractivity contribution in [3.63, 3.8) is 0 Å². The summed E-state index contributed by atoms with van der Waals surface area (Å²) in [5, 5.41) is 17.1. The summed E-state index contributed by atoms with van der Waals surface area (Å²) in [6.45, 7) is 3.88. The molecular weight excluding hydrogens is 194 g/mol. The van der Waals surface area contributed by atoms with Gasteiger partial charge in [0.05, 0.1) is 13.2 Å². The predicted molar refractivity (Wildman–Crippen MR) is 54.2 cm³/mol. The average Bonchev–Trinajstić information content (AvgIpc) is 2.87. The molecular formula is C10H17N3O2. The first kappa shape index (κ1) is 10.6. The Balaban J connectivity index is 1.95. The first-order valence-corrected chi connectivity index (χ1v) is 5.49. The first-order chi connectivity index (χ1) is 7.33. The molecule has 0 amide bonds. The number of aliphatic hydroxyl groups is 1. The Morgan fingerprint density at radius 1 is 1.47 bits per heavy atom. The molecule has 84 valence electrons. The Hall–Kier alpha value is -0.940. The Kier molecular flexibility index (Phi) is 3.33. The third-order valence-electron chi connectivity index (χ3n) is 2.86. The summed E-state index contributed by atoms with van der Waals surface area (Å²) in [4.78, 5) is 2.20. The third kappa shape index (κ3) is 2.35. The van der Waals surface area contributed by atoms with E-state index in [1.807, 2.05) is 6.92 Å². The van der Waals surface area contributed by atoms with Gasteiger partial charge >= 0.3 is 0 Å². The van der Waals surface area contributed by atoms with Crippen LogP contribution in [0.2, 0.25) is 0 Å². The summed E-state index contributed by atoms with van der Waals surface area (Å²) >= 11 is 0. The summed E-state index contributed by atoms with van der Waals surface area (Å²) < 4.78 is 5.44. The number of hydrogen-bond donors (Lipinski definition) is 1. The van der Waals surface area contributed by atoms with Gasteiger partial charge < -0.3 is 9.52 Å². The van der Waals surface area contributed by atoms with Crippen molar-refractivity contribution in [1.29, 1.82) is 0 Å². The van der Waals surface area contributed by atoms with E-state index in [4.69, 9.17) is 9.52 Å². The standard InChI is InChI=1S/C10H17N3O2/c1-2-9-11-12-10(15-9)6-13-5-3-4-8(13)7-14/h8,14H,2-7H2,1H3/t8-/m1/s1. The van der Waals surface area contributed by atoms with Crippen LogP contribution in [0.5, 0.6) is 0 Å². The number of aromatic nitrogens is 2. The number of aryl methyl sites for hydroxylation is 1. The van der Waals surface area contributed by atoms with Crippen LogP contribution in [-0.4, -0.2) is 39.4 Å². The quantitative estimate of drug-likeness (QED) is 0.789. The molecule has 1 saturated heterocycles. The Bertz CT molecular complexity index is 313. The predicted octanol–water partition coefficient (Wildman–Crippen LogP) is 0.589. The fraction of sp³-hybridized carbons (Fsp3) is 0.800. The lowest BCUT2D eigenvalue weighted by atomic mass is 10.2. The van der Waals surface area contributed by atoms with Crippen molar-refractivity contribution in [3.8, 4) is 0 Å². The number of rotatable bonds is 4. The van der Waals surface area contributed by atoms with E-state index in [9.17, 15) is 0 Å². The van der Waals surface area contributed by atoms with Gasteiger partial charge in [-0.1, -0.05) is 6.92 Å². The molecule has 1 aliphatic rings. The molecule has 1 aromatic rings. The van der Waals surface area contributed by atoms with Gasteiger partial charge in [-0.25, -0.2) is 0 Å². The average molecular weight is 211 g/mol. The van der Waals surface area contributed by atoms with Gasteiger partial charge in [0.1, 0.15) is 0 Å². The van der Waals surface area contributed by atoms with E-state index in [0.717, 1.165) is 25.8 Å². The van der Waals surface area contributed by atoms with Crippen molar-refractivity contribution in [3.05, 3.63) is 11.8 Å². The van der Waals surface area contributed by atoms with E-state index >= 15 is 0 Å². The highest BCUT2D eigenvalue weighted by Crippen LogP contribution is 2.19. The van der Waals surface area contributed by atoms with Crippen LogP contribution >= 0.6 is 0 Å². The van der Waals surface area contributed by atoms with Crippen molar-refractivity contribution in [2.45, 2.75) is 38.8 Å². The molecule has 0 bridgehead atoms.